The smallest absolute Gasteiger partial charge is 0.0945 e. The molecule has 4 heteroatoms. The lowest BCUT2D eigenvalue weighted by Crippen LogP contribution is -2.05. The standard InChI is InChI=1S/C12H16N4/c13-11-2-4-12(5-3-11)15-6-1-8-16-9-7-14-10-16/h2-5,7,9-10,15H,1,6,8,13H2. The van der Waals surface area contributed by atoms with Crippen LogP contribution in [0.5, 0.6) is 0 Å². The molecule has 0 unspecified atom stereocenters. The van der Waals surface area contributed by atoms with E-state index in [4.69, 9.17) is 5.73 Å². The first kappa shape index (κ1) is 10.5. The molecule has 0 saturated carbocycles. The zero-order valence-corrected chi connectivity index (χ0v) is 9.13. The van der Waals surface area contributed by atoms with Gasteiger partial charge in [0, 0.05) is 36.9 Å². The summed E-state index contributed by atoms with van der Waals surface area (Å²) in [4.78, 5) is 4.00. The fourth-order valence-electron chi connectivity index (χ4n) is 1.51. The van der Waals surface area contributed by atoms with Gasteiger partial charge in [-0.25, -0.2) is 4.98 Å². The maximum atomic E-state index is 5.61. The zero-order valence-electron chi connectivity index (χ0n) is 9.13. The fourth-order valence-corrected chi connectivity index (χ4v) is 1.51. The van der Waals surface area contributed by atoms with Crippen molar-refractivity contribution in [2.45, 2.75) is 13.0 Å². The topological polar surface area (TPSA) is 55.9 Å². The maximum Gasteiger partial charge on any atom is 0.0945 e. The predicted molar refractivity (Wildman–Crippen MR) is 66.2 cm³/mol. The number of imidazole rings is 1. The third kappa shape index (κ3) is 3.02. The fraction of sp³-hybridized carbons (Fsp3) is 0.250. The van der Waals surface area contributed by atoms with Gasteiger partial charge in [0.25, 0.3) is 0 Å². The Hall–Kier alpha value is -1.97. The van der Waals surface area contributed by atoms with E-state index in [1.165, 1.54) is 0 Å². The Balaban J connectivity index is 1.70. The molecule has 0 atom stereocenters. The highest BCUT2D eigenvalue weighted by Crippen LogP contribution is 2.10. The second-order valence-electron chi connectivity index (χ2n) is 3.70. The van der Waals surface area contributed by atoms with Crippen LogP contribution in [0.1, 0.15) is 6.42 Å². The molecule has 3 N–H and O–H groups in total. The number of rotatable bonds is 5. The lowest BCUT2D eigenvalue weighted by Gasteiger charge is -2.06. The van der Waals surface area contributed by atoms with Crippen LogP contribution in [0.15, 0.2) is 43.0 Å². The molecule has 16 heavy (non-hydrogen) atoms. The van der Waals surface area contributed by atoms with Gasteiger partial charge in [-0.2, -0.15) is 0 Å². The van der Waals surface area contributed by atoms with E-state index in [-0.39, 0.29) is 0 Å². The molecule has 0 amide bonds. The maximum absolute atomic E-state index is 5.61. The first-order chi connectivity index (χ1) is 7.84. The number of nitrogens with two attached hydrogens (primary N) is 1. The van der Waals surface area contributed by atoms with Gasteiger partial charge in [-0.15, -0.1) is 0 Å². The number of hydrogen-bond acceptors (Lipinski definition) is 3. The van der Waals surface area contributed by atoms with Gasteiger partial charge in [-0.3, -0.25) is 0 Å². The SMILES string of the molecule is Nc1ccc(NCCCn2ccnc2)cc1. The van der Waals surface area contributed by atoms with Crippen molar-refractivity contribution in [2.75, 3.05) is 17.6 Å². The Morgan fingerprint density at radius 2 is 2.06 bits per heavy atom. The van der Waals surface area contributed by atoms with Crippen molar-refractivity contribution in [1.29, 1.82) is 0 Å². The van der Waals surface area contributed by atoms with Crippen LogP contribution in [0.25, 0.3) is 0 Å². The van der Waals surface area contributed by atoms with Gasteiger partial charge in [-0.1, -0.05) is 0 Å². The Kier molecular flexibility index (Phi) is 3.43. The van der Waals surface area contributed by atoms with Crippen molar-refractivity contribution < 1.29 is 0 Å². The molecule has 0 saturated heterocycles. The summed E-state index contributed by atoms with van der Waals surface area (Å²) in [6.45, 7) is 1.93. The molecule has 84 valence electrons. The van der Waals surface area contributed by atoms with E-state index in [0.29, 0.717) is 0 Å². The number of nitrogens with zero attached hydrogens (tertiary/aromatic N) is 2. The lowest BCUT2D eigenvalue weighted by atomic mass is 10.3. The van der Waals surface area contributed by atoms with Crippen molar-refractivity contribution in [3.05, 3.63) is 43.0 Å². The minimum Gasteiger partial charge on any atom is -0.399 e. The Labute approximate surface area is 95.1 Å². The molecule has 1 heterocycles. The van der Waals surface area contributed by atoms with Crippen molar-refractivity contribution in [3.63, 3.8) is 0 Å². The van der Waals surface area contributed by atoms with Crippen molar-refractivity contribution in [1.82, 2.24) is 9.55 Å². The summed E-state index contributed by atoms with van der Waals surface area (Å²) in [5, 5.41) is 3.34. The van der Waals surface area contributed by atoms with E-state index in [1.54, 1.807) is 6.20 Å². The number of anilines is 2. The van der Waals surface area contributed by atoms with Crippen LogP contribution in [0, 0.1) is 0 Å². The Bertz CT molecular complexity index is 405. The summed E-state index contributed by atoms with van der Waals surface area (Å²) in [6, 6.07) is 7.79. The highest BCUT2D eigenvalue weighted by molar-refractivity contribution is 5.50. The molecular weight excluding hydrogens is 200 g/mol. The highest BCUT2D eigenvalue weighted by Gasteiger charge is 1.92. The zero-order chi connectivity index (χ0) is 11.2. The average molecular weight is 216 g/mol. The molecule has 2 aromatic rings. The van der Waals surface area contributed by atoms with Gasteiger partial charge in [0.2, 0.25) is 0 Å². The molecule has 1 aromatic heterocycles. The normalized spacial score (nSPS) is 10.2. The van der Waals surface area contributed by atoms with E-state index in [1.807, 2.05) is 36.8 Å². The molecule has 0 aliphatic heterocycles. The van der Waals surface area contributed by atoms with Gasteiger partial charge >= 0.3 is 0 Å². The van der Waals surface area contributed by atoms with Crippen LogP contribution in [0.2, 0.25) is 0 Å². The van der Waals surface area contributed by atoms with Gasteiger partial charge in [-0.05, 0) is 30.7 Å². The molecule has 0 bridgehead atoms. The van der Waals surface area contributed by atoms with Crippen molar-refractivity contribution >= 4 is 11.4 Å². The molecule has 2 rings (SSSR count). The summed E-state index contributed by atoms with van der Waals surface area (Å²) in [5.41, 5.74) is 7.51. The minimum absolute atomic E-state index is 0.795. The van der Waals surface area contributed by atoms with Crippen LogP contribution < -0.4 is 11.1 Å². The quantitative estimate of drug-likeness (QED) is 0.593. The van der Waals surface area contributed by atoms with Gasteiger partial charge in [0.05, 0.1) is 6.33 Å². The predicted octanol–water partition coefficient (Wildman–Crippen LogP) is 1.97. The Morgan fingerprint density at radius 3 is 2.75 bits per heavy atom. The van der Waals surface area contributed by atoms with Crippen LogP contribution in [-0.4, -0.2) is 16.1 Å². The van der Waals surface area contributed by atoms with Gasteiger partial charge in [0.15, 0.2) is 0 Å². The molecule has 0 aliphatic carbocycles. The highest BCUT2D eigenvalue weighted by atomic mass is 15.0. The summed E-state index contributed by atoms with van der Waals surface area (Å²) in [6.07, 6.45) is 6.68. The summed E-state index contributed by atoms with van der Waals surface area (Å²) in [7, 11) is 0. The number of hydrogen-bond donors (Lipinski definition) is 2. The second kappa shape index (κ2) is 5.21. The molecule has 0 radical (unpaired) electrons. The largest absolute Gasteiger partial charge is 0.399 e. The summed E-state index contributed by atoms with van der Waals surface area (Å²) in [5.74, 6) is 0. The van der Waals surface area contributed by atoms with Gasteiger partial charge in [0.1, 0.15) is 0 Å². The van der Waals surface area contributed by atoms with Crippen molar-refractivity contribution in [3.8, 4) is 0 Å². The molecule has 4 nitrogen and oxygen atoms in total. The Morgan fingerprint density at radius 1 is 1.25 bits per heavy atom. The van der Waals surface area contributed by atoms with Crippen LogP contribution in [0.3, 0.4) is 0 Å². The van der Waals surface area contributed by atoms with E-state index in [2.05, 4.69) is 14.9 Å². The first-order valence-electron chi connectivity index (χ1n) is 5.40. The molecule has 0 fully saturated rings. The average Bonchev–Trinajstić information content (AvgIpc) is 2.80. The lowest BCUT2D eigenvalue weighted by molar-refractivity contribution is 0.661. The summed E-state index contributed by atoms with van der Waals surface area (Å²) < 4.78 is 2.07. The number of nitrogens with one attached hydrogen (secondary N) is 1. The minimum atomic E-state index is 0.795. The van der Waals surface area contributed by atoms with Crippen LogP contribution in [-0.2, 0) is 6.54 Å². The van der Waals surface area contributed by atoms with Crippen LogP contribution >= 0.6 is 0 Å². The monoisotopic (exact) mass is 216 g/mol. The number of aromatic nitrogens is 2. The molecule has 0 spiro atoms. The number of aryl methyl sites for hydroxylation is 1. The molecule has 0 aliphatic rings. The first-order valence-corrected chi connectivity index (χ1v) is 5.40. The third-order valence-electron chi connectivity index (χ3n) is 2.39. The van der Waals surface area contributed by atoms with Crippen LogP contribution in [0.4, 0.5) is 11.4 Å². The van der Waals surface area contributed by atoms with E-state index < -0.39 is 0 Å². The van der Waals surface area contributed by atoms with E-state index >= 15 is 0 Å². The van der Waals surface area contributed by atoms with Crippen molar-refractivity contribution in [2.24, 2.45) is 0 Å². The second-order valence-corrected chi connectivity index (χ2v) is 3.70. The molecular formula is C12H16N4. The van der Waals surface area contributed by atoms with E-state index in [0.717, 1.165) is 30.9 Å². The third-order valence-corrected chi connectivity index (χ3v) is 2.39. The number of benzene rings is 1. The number of nitrogen functional groups attached to an aromatic ring is 1. The van der Waals surface area contributed by atoms with Gasteiger partial charge < -0.3 is 15.6 Å². The summed E-state index contributed by atoms with van der Waals surface area (Å²) >= 11 is 0. The van der Waals surface area contributed by atoms with E-state index in [9.17, 15) is 0 Å². The molecule has 1 aromatic carbocycles.